The lowest BCUT2D eigenvalue weighted by Gasteiger charge is -2.35. The average Bonchev–Trinajstić information content (AvgIpc) is 3.96. The number of aromatic nitrogens is 3. The number of carbonyl (C=O) groups excluding carboxylic acids is 4. The normalized spacial score (nSPS) is 17.8. The maximum atomic E-state index is 14.2. The molecule has 2 fully saturated rings. The first-order valence-electron chi connectivity index (χ1n) is 25.0. The van der Waals surface area contributed by atoms with Gasteiger partial charge in [-0.3, -0.25) is 19.2 Å². The molecule has 2 aromatic heterocycles. The number of hydrogen-bond acceptors (Lipinski definition) is 12. The number of likely N-dealkylation sites (tertiary alicyclic amines) is 2. The second-order valence-electron chi connectivity index (χ2n) is 20.6. The number of aliphatic hydroxyl groups is 1. The average molecular weight is 1030 g/mol. The number of benzene rings is 3. The van der Waals surface area contributed by atoms with Crippen molar-refractivity contribution in [3.8, 4) is 16.2 Å². The van der Waals surface area contributed by atoms with Crippen LogP contribution in [0.3, 0.4) is 0 Å². The summed E-state index contributed by atoms with van der Waals surface area (Å²) in [6.45, 7) is 13.9. The lowest BCUT2D eigenvalue weighted by Crippen LogP contribution is -2.57. The number of methoxy groups -OCH3 is 1. The Hall–Kier alpha value is -6.34. The molecule has 73 heavy (non-hydrogen) atoms. The molecular formula is C54H68F3N9O6S. The number of thiazole rings is 1. The van der Waals surface area contributed by atoms with Crippen molar-refractivity contribution in [2.45, 2.75) is 142 Å². The zero-order chi connectivity index (χ0) is 52.9. The number of anilines is 2. The van der Waals surface area contributed by atoms with Gasteiger partial charge >= 0.3 is 6.18 Å². The zero-order valence-corrected chi connectivity index (χ0v) is 43.7. The van der Waals surface area contributed by atoms with Crippen LogP contribution in [0.1, 0.15) is 138 Å². The Morgan fingerprint density at radius 3 is 2.25 bits per heavy atom. The highest BCUT2D eigenvalue weighted by Gasteiger charge is 2.45. The molecule has 19 heteroatoms. The molecule has 0 spiro atoms. The highest BCUT2D eigenvalue weighted by molar-refractivity contribution is 7.13. The van der Waals surface area contributed by atoms with Gasteiger partial charge in [0.2, 0.25) is 23.6 Å². The molecule has 392 valence electrons. The molecule has 5 aromatic rings. The van der Waals surface area contributed by atoms with Crippen LogP contribution in [-0.4, -0.2) is 98.4 Å². The Morgan fingerprint density at radius 2 is 1.60 bits per heavy atom. The molecule has 2 aliphatic heterocycles. The maximum absolute atomic E-state index is 14.2. The van der Waals surface area contributed by atoms with E-state index in [0.29, 0.717) is 85.5 Å². The number of piperidine rings is 1. The molecule has 3 aromatic carbocycles. The van der Waals surface area contributed by atoms with E-state index in [1.54, 1.807) is 32.3 Å². The summed E-state index contributed by atoms with van der Waals surface area (Å²) < 4.78 is 46.7. The molecule has 4 heterocycles. The van der Waals surface area contributed by atoms with Gasteiger partial charge in [0.05, 0.1) is 52.5 Å². The first-order chi connectivity index (χ1) is 34.5. The SMILES string of the molecule is COc1cc2nc(C)nc(NC(C)c3cc(N)cc(C(F)(F)F)c3)c2cc1C1CCN(C(=O)CCCCCC(=O)NC(C(=O)N2CC(O)CC2C(=O)NC(C)c2ccc(-c3scnc3C)cc2)C(C)(C)C)CC1. The van der Waals surface area contributed by atoms with Gasteiger partial charge in [0.1, 0.15) is 29.5 Å². The van der Waals surface area contributed by atoms with Crippen molar-refractivity contribution in [3.05, 3.63) is 93.9 Å². The van der Waals surface area contributed by atoms with Gasteiger partial charge in [-0.25, -0.2) is 15.0 Å². The molecule has 7 rings (SSSR count). The Balaban J connectivity index is 0.883. The molecule has 0 aliphatic carbocycles. The van der Waals surface area contributed by atoms with Crippen LogP contribution in [0.15, 0.2) is 60.1 Å². The van der Waals surface area contributed by atoms with Crippen LogP contribution in [0.2, 0.25) is 0 Å². The number of hydrogen-bond donors (Lipinski definition) is 5. The minimum atomic E-state index is -4.55. The Labute approximate surface area is 428 Å². The maximum Gasteiger partial charge on any atom is 0.416 e. The molecule has 5 unspecified atom stereocenters. The van der Waals surface area contributed by atoms with Crippen molar-refractivity contribution < 1.29 is 42.2 Å². The summed E-state index contributed by atoms with van der Waals surface area (Å²) >= 11 is 1.56. The summed E-state index contributed by atoms with van der Waals surface area (Å²) in [5.41, 5.74) is 10.9. The van der Waals surface area contributed by atoms with Gasteiger partial charge in [0.15, 0.2) is 0 Å². The largest absolute Gasteiger partial charge is 0.496 e. The number of nitrogens with zero attached hydrogens (tertiary/aromatic N) is 5. The van der Waals surface area contributed by atoms with Crippen LogP contribution in [-0.2, 0) is 25.4 Å². The highest BCUT2D eigenvalue weighted by atomic mass is 32.1. The molecular weight excluding hydrogens is 960 g/mol. The fourth-order valence-electron chi connectivity index (χ4n) is 9.86. The van der Waals surface area contributed by atoms with Crippen molar-refractivity contribution in [2.24, 2.45) is 5.41 Å². The van der Waals surface area contributed by atoms with Crippen molar-refractivity contribution in [3.63, 3.8) is 0 Å². The lowest BCUT2D eigenvalue weighted by atomic mass is 9.85. The Kier molecular flexibility index (Phi) is 17.0. The van der Waals surface area contributed by atoms with E-state index in [2.05, 4.69) is 30.9 Å². The molecule has 2 aliphatic rings. The van der Waals surface area contributed by atoms with Crippen LogP contribution in [0.25, 0.3) is 21.3 Å². The van der Waals surface area contributed by atoms with Gasteiger partial charge < -0.3 is 41.3 Å². The number of aryl methyl sites for hydroxylation is 2. The van der Waals surface area contributed by atoms with Gasteiger partial charge in [-0.05, 0) is 111 Å². The number of amides is 4. The van der Waals surface area contributed by atoms with E-state index in [1.165, 1.54) is 11.0 Å². The number of nitrogens with one attached hydrogen (secondary N) is 3. The molecule has 4 amide bonds. The Bertz CT molecular complexity index is 2790. The number of β-amino-alcohol motifs (C(OH)–C–C–N with tert-alkyl or cyclic N) is 1. The fraction of sp³-hybridized carbons (Fsp3) is 0.500. The predicted molar refractivity (Wildman–Crippen MR) is 277 cm³/mol. The van der Waals surface area contributed by atoms with Crippen molar-refractivity contribution in [1.29, 1.82) is 0 Å². The summed E-state index contributed by atoms with van der Waals surface area (Å²) in [4.78, 5) is 72.6. The van der Waals surface area contributed by atoms with Crippen LogP contribution >= 0.6 is 11.3 Å². The molecule has 0 saturated carbocycles. The fourth-order valence-corrected chi connectivity index (χ4v) is 10.7. The van der Waals surface area contributed by atoms with Gasteiger partial charge in [-0.15, -0.1) is 11.3 Å². The van der Waals surface area contributed by atoms with Crippen LogP contribution in [0.4, 0.5) is 24.7 Å². The van der Waals surface area contributed by atoms with E-state index >= 15 is 0 Å². The van der Waals surface area contributed by atoms with E-state index in [1.807, 2.05) is 81.4 Å². The van der Waals surface area contributed by atoms with E-state index in [-0.39, 0.29) is 54.8 Å². The second-order valence-corrected chi connectivity index (χ2v) is 21.4. The predicted octanol–water partition coefficient (Wildman–Crippen LogP) is 9.18. The molecule has 6 N–H and O–H groups in total. The standard InChI is InChI=1S/C54H68F3N9O6S/c1-30(34-14-16-36(17-15-34)48-32(3)59-29-73-48)61-51(70)44-25-40(67)28-66(44)52(71)49(53(5,6)7)64-46(68)12-10-9-11-13-47(69)65-20-18-35(19-21-65)41-26-42-43(27-45(41)72-8)62-33(4)63-50(42)60-31(2)37-22-38(54(55,56)57)24-39(58)23-37/h14-17,22-24,26-27,29-31,35,40,44,49,67H,9-13,18-21,25,28,58H2,1-8H3,(H,61,70)(H,64,68)(H,60,62,63). The number of rotatable bonds is 17. The van der Waals surface area contributed by atoms with E-state index < -0.39 is 47.3 Å². The lowest BCUT2D eigenvalue weighted by molar-refractivity contribution is -0.144. The number of unbranched alkanes of at least 4 members (excludes halogenated alkanes) is 2. The Morgan fingerprint density at radius 1 is 0.904 bits per heavy atom. The van der Waals surface area contributed by atoms with Gasteiger partial charge in [0.25, 0.3) is 0 Å². The number of aliphatic hydroxyl groups excluding tert-OH is 1. The topological polar surface area (TPSA) is 205 Å². The third kappa shape index (κ3) is 13.3. The van der Waals surface area contributed by atoms with Crippen molar-refractivity contribution >= 4 is 57.4 Å². The summed E-state index contributed by atoms with van der Waals surface area (Å²) in [7, 11) is 1.59. The smallest absolute Gasteiger partial charge is 0.416 e. The summed E-state index contributed by atoms with van der Waals surface area (Å²) in [6.07, 6.45) is -1.79. The van der Waals surface area contributed by atoms with Gasteiger partial charge in [0, 0.05) is 56.0 Å². The number of fused-ring (bicyclic) bond motifs is 1. The summed E-state index contributed by atoms with van der Waals surface area (Å²) in [6, 6.07) is 12.4. The van der Waals surface area contributed by atoms with Gasteiger partial charge in [-0.2, -0.15) is 13.2 Å². The molecule has 2 saturated heterocycles. The molecule has 5 atom stereocenters. The number of nitrogens with two attached hydrogens (primary N) is 1. The van der Waals surface area contributed by atoms with E-state index in [0.717, 1.165) is 39.4 Å². The molecule has 15 nitrogen and oxygen atoms in total. The third-order valence-electron chi connectivity index (χ3n) is 14.0. The van der Waals surface area contributed by atoms with Crippen molar-refractivity contribution in [2.75, 3.05) is 37.8 Å². The van der Waals surface area contributed by atoms with Crippen LogP contribution < -0.4 is 26.4 Å². The number of alkyl halides is 3. The van der Waals surface area contributed by atoms with Gasteiger partial charge in [-0.1, -0.05) is 51.5 Å². The summed E-state index contributed by atoms with van der Waals surface area (Å²) in [5, 5.41) is 20.6. The van der Waals surface area contributed by atoms with Crippen LogP contribution in [0, 0.1) is 19.3 Å². The third-order valence-corrected chi connectivity index (χ3v) is 14.9. The first-order valence-corrected chi connectivity index (χ1v) is 25.9. The molecule has 0 bridgehead atoms. The van der Waals surface area contributed by atoms with Crippen molar-refractivity contribution in [1.82, 2.24) is 35.4 Å². The second kappa shape index (κ2) is 22.8. The minimum absolute atomic E-state index is 0.00701. The zero-order valence-electron chi connectivity index (χ0n) is 42.9. The monoisotopic (exact) mass is 1030 g/mol. The highest BCUT2D eigenvalue weighted by Crippen LogP contribution is 2.40. The number of nitrogen functional groups attached to an aromatic ring is 1. The van der Waals surface area contributed by atoms with E-state index in [4.69, 9.17) is 10.5 Å². The number of ether oxygens (including phenoxy) is 1. The van der Waals surface area contributed by atoms with E-state index in [9.17, 15) is 37.5 Å². The minimum Gasteiger partial charge on any atom is -0.496 e. The van der Waals surface area contributed by atoms with Crippen LogP contribution in [0.5, 0.6) is 5.75 Å². The first kappa shape index (κ1) is 54.4. The molecule has 0 radical (unpaired) electrons. The quantitative estimate of drug-likeness (QED) is 0.0439. The summed E-state index contributed by atoms with van der Waals surface area (Å²) in [5.74, 6) is 0.559. The number of carbonyl (C=O) groups is 4. The number of halogens is 3.